The van der Waals surface area contributed by atoms with Gasteiger partial charge in [0.25, 0.3) is 0 Å². The molecule has 24 heavy (non-hydrogen) atoms. The summed E-state index contributed by atoms with van der Waals surface area (Å²) in [6.07, 6.45) is 1.07. The molecule has 1 unspecified atom stereocenters. The van der Waals surface area contributed by atoms with Crippen molar-refractivity contribution in [2.75, 3.05) is 39.4 Å². The average molecular weight is 345 g/mol. The first-order chi connectivity index (χ1) is 11.4. The molecule has 0 aromatic rings. The van der Waals surface area contributed by atoms with Crippen LogP contribution in [0.2, 0.25) is 6.32 Å². The summed E-state index contributed by atoms with van der Waals surface area (Å²) in [5.74, 6) is -1.34. The predicted octanol–water partition coefficient (Wildman–Crippen LogP) is -1.89. The molecule has 0 aromatic carbocycles. The van der Waals surface area contributed by atoms with Crippen LogP contribution in [0.15, 0.2) is 0 Å². The lowest BCUT2D eigenvalue weighted by atomic mass is 9.81. The number of nitrogens with zero attached hydrogens (tertiary/aromatic N) is 1. The van der Waals surface area contributed by atoms with Gasteiger partial charge in [0.2, 0.25) is 5.91 Å². The first kappa shape index (κ1) is 20.8. The van der Waals surface area contributed by atoms with Gasteiger partial charge in [0.15, 0.2) is 0 Å². The van der Waals surface area contributed by atoms with Crippen LogP contribution in [0.4, 0.5) is 0 Å². The number of carbonyl (C=O) groups excluding carboxylic acids is 1. The minimum absolute atomic E-state index is 0.0789. The van der Waals surface area contributed by atoms with E-state index in [0.29, 0.717) is 39.1 Å². The van der Waals surface area contributed by atoms with Crippen molar-refractivity contribution in [1.29, 1.82) is 0 Å². The molecule has 10 heteroatoms. The molecule has 1 aliphatic rings. The maximum atomic E-state index is 12.6. The molecule has 1 rings (SSSR count). The number of morpholine rings is 1. The molecule has 0 aromatic heterocycles. The van der Waals surface area contributed by atoms with E-state index in [9.17, 15) is 9.59 Å². The third kappa shape index (κ3) is 8.07. The van der Waals surface area contributed by atoms with Gasteiger partial charge in [0.05, 0.1) is 13.2 Å². The van der Waals surface area contributed by atoms with E-state index in [0.717, 1.165) is 0 Å². The summed E-state index contributed by atoms with van der Waals surface area (Å²) in [5.41, 5.74) is 5.59. The molecule has 1 aliphatic heterocycles. The summed E-state index contributed by atoms with van der Waals surface area (Å²) in [6.45, 7) is 2.36. The Balaban J connectivity index is 2.64. The Morgan fingerprint density at radius 1 is 1.42 bits per heavy atom. The number of hydrogen-bond acceptors (Lipinski definition) is 7. The van der Waals surface area contributed by atoms with Gasteiger partial charge in [-0.1, -0.05) is 6.42 Å². The van der Waals surface area contributed by atoms with Gasteiger partial charge in [-0.2, -0.15) is 0 Å². The highest BCUT2D eigenvalue weighted by molar-refractivity contribution is 6.40. The second-order valence-electron chi connectivity index (χ2n) is 6.03. The maximum absolute atomic E-state index is 12.6. The van der Waals surface area contributed by atoms with Crippen LogP contribution in [0.3, 0.4) is 0 Å². The zero-order valence-electron chi connectivity index (χ0n) is 13.9. The number of carboxylic acids is 1. The third-order valence-electron chi connectivity index (χ3n) is 3.95. The minimum Gasteiger partial charge on any atom is -0.481 e. The average Bonchev–Trinajstić information content (AvgIpc) is 2.53. The van der Waals surface area contributed by atoms with E-state index in [2.05, 4.69) is 5.32 Å². The molecular formula is C14H28BN3O6. The number of nitrogens with two attached hydrogens (primary N) is 1. The van der Waals surface area contributed by atoms with Gasteiger partial charge in [-0.3, -0.25) is 9.59 Å². The first-order valence-corrected chi connectivity index (χ1v) is 8.32. The fourth-order valence-electron chi connectivity index (χ4n) is 2.80. The van der Waals surface area contributed by atoms with Crippen molar-refractivity contribution in [2.45, 2.75) is 31.6 Å². The molecule has 0 saturated carbocycles. The van der Waals surface area contributed by atoms with Crippen molar-refractivity contribution in [2.24, 2.45) is 11.7 Å². The van der Waals surface area contributed by atoms with Gasteiger partial charge in [-0.15, -0.1) is 0 Å². The molecule has 138 valence electrons. The Kier molecular flexibility index (Phi) is 9.88. The zero-order chi connectivity index (χ0) is 17.9. The Labute approximate surface area is 142 Å². The van der Waals surface area contributed by atoms with Gasteiger partial charge >= 0.3 is 13.1 Å². The molecule has 1 saturated heterocycles. The quantitative estimate of drug-likeness (QED) is 0.273. The molecule has 9 nitrogen and oxygen atoms in total. The molecule has 1 amide bonds. The Morgan fingerprint density at radius 2 is 2.17 bits per heavy atom. The van der Waals surface area contributed by atoms with E-state index in [1.165, 1.54) is 0 Å². The molecule has 1 heterocycles. The van der Waals surface area contributed by atoms with Gasteiger partial charge in [0.1, 0.15) is 6.04 Å². The zero-order valence-corrected chi connectivity index (χ0v) is 13.9. The fraction of sp³-hybridized carbons (Fsp3) is 0.857. The summed E-state index contributed by atoms with van der Waals surface area (Å²) in [6, 6.07) is -0.435. The first-order valence-electron chi connectivity index (χ1n) is 8.32. The normalized spacial score (nSPS) is 18.9. The van der Waals surface area contributed by atoms with Gasteiger partial charge in [-0.25, -0.2) is 0 Å². The number of rotatable bonds is 11. The number of carbonyl (C=O) groups is 2. The van der Waals surface area contributed by atoms with E-state index in [1.807, 2.05) is 0 Å². The van der Waals surface area contributed by atoms with Crippen LogP contribution in [-0.2, 0) is 14.3 Å². The van der Waals surface area contributed by atoms with Crippen LogP contribution >= 0.6 is 0 Å². The summed E-state index contributed by atoms with van der Waals surface area (Å²) >= 11 is 0. The van der Waals surface area contributed by atoms with Crippen molar-refractivity contribution in [3.05, 3.63) is 0 Å². The van der Waals surface area contributed by atoms with Crippen LogP contribution in [0.5, 0.6) is 0 Å². The monoisotopic (exact) mass is 345 g/mol. The van der Waals surface area contributed by atoms with E-state index >= 15 is 0 Å². The smallest absolute Gasteiger partial charge is 0.451 e. The highest BCUT2D eigenvalue weighted by Gasteiger charge is 2.28. The highest BCUT2D eigenvalue weighted by Crippen LogP contribution is 2.16. The fourth-order valence-corrected chi connectivity index (χ4v) is 2.80. The van der Waals surface area contributed by atoms with Gasteiger partial charge in [0, 0.05) is 32.6 Å². The molecule has 0 spiro atoms. The summed E-state index contributed by atoms with van der Waals surface area (Å²) < 4.78 is 5.30. The topological polar surface area (TPSA) is 145 Å². The number of amides is 1. The Morgan fingerprint density at radius 3 is 2.71 bits per heavy atom. The van der Waals surface area contributed by atoms with Crippen molar-refractivity contribution in [1.82, 2.24) is 10.2 Å². The van der Waals surface area contributed by atoms with Gasteiger partial charge in [-0.05, 0) is 18.7 Å². The van der Waals surface area contributed by atoms with Crippen LogP contribution in [0.1, 0.15) is 19.3 Å². The van der Waals surface area contributed by atoms with Crippen LogP contribution < -0.4 is 11.1 Å². The van der Waals surface area contributed by atoms with Crippen molar-refractivity contribution >= 4 is 19.0 Å². The Hall–Kier alpha value is -1.20. The van der Waals surface area contributed by atoms with Crippen LogP contribution in [0.25, 0.3) is 0 Å². The summed E-state index contributed by atoms with van der Waals surface area (Å²) in [5, 5.41) is 30.0. The predicted molar refractivity (Wildman–Crippen MR) is 88.2 cm³/mol. The molecule has 6 N–H and O–H groups in total. The lowest BCUT2D eigenvalue weighted by Crippen LogP contribution is -2.54. The van der Waals surface area contributed by atoms with Crippen LogP contribution in [-0.4, -0.2) is 84.5 Å². The van der Waals surface area contributed by atoms with Crippen molar-refractivity contribution in [3.63, 3.8) is 0 Å². The SMILES string of the molecule is NCCN(CC(CCCB(O)O)CC(=O)O)C(=O)[C@@H]1COCCN1. The second-order valence-corrected chi connectivity index (χ2v) is 6.03. The lowest BCUT2D eigenvalue weighted by Gasteiger charge is -2.32. The lowest BCUT2D eigenvalue weighted by molar-refractivity contribution is -0.141. The molecular weight excluding hydrogens is 317 g/mol. The van der Waals surface area contributed by atoms with Crippen LogP contribution in [0, 0.1) is 5.92 Å². The van der Waals surface area contributed by atoms with E-state index in [1.54, 1.807) is 4.90 Å². The van der Waals surface area contributed by atoms with E-state index in [-0.39, 0.29) is 37.7 Å². The summed E-state index contributed by atoms with van der Waals surface area (Å²) in [4.78, 5) is 25.2. The number of carboxylic acid groups (broad SMARTS) is 1. The van der Waals surface area contributed by atoms with Crippen molar-refractivity contribution in [3.8, 4) is 0 Å². The number of ether oxygens (including phenoxy) is 1. The number of aliphatic carboxylic acids is 1. The molecule has 1 fully saturated rings. The largest absolute Gasteiger partial charge is 0.481 e. The summed E-state index contributed by atoms with van der Waals surface area (Å²) in [7, 11) is -1.40. The molecule has 0 aliphatic carbocycles. The molecule has 0 radical (unpaired) electrons. The van der Waals surface area contributed by atoms with E-state index < -0.39 is 19.1 Å². The van der Waals surface area contributed by atoms with Gasteiger partial charge < -0.3 is 35.8 Å². The van der Waals surface area contributed by atoms with E-state index in [4.69, 9.17) is 25.6 Å². The number of hydrogen-bond donors (Lipinski definition) is 5. The molecule has 0 bridgehead atoms. The van der Waals surface area contributed by atoms with Crippen molar-refractivity contribution < 1.29 is 29.5 Å². The number of nitrogens with one attached hydrogen (secondary N) is 1. The third-order valence-corrected chi connectivity index (χ3v) is 3.95. The second kappa shape index (κ2) is 11.4. The Bertz CT molecular complexity index is 393. The highest BCUT2D eigenvalue weighted by atomic mass is 16.5. The minimum atomic E-state index is -1.40. The maximum Gasteiger partial charge on any atom is 0.451 e. The standard InChI is InChI=1S/C14H28BN3O6/c16-4-6-18(14(21)12-10-24-7-5-17-12)9-11(8-13(19)20)2-1-3-15(22)23/h11-12,17,22-23H,1-10,16H2,(H,19,20)/t11?,12-/m0/s1. The molecule has 2 atom stereocenters.